The molecular weight excluding hydrogens is 1060 g/mol. The van der Waals surface area contributed by atoms with E-state index in [1.54, 1.807) is 0 Å². The standard InChI is InChI=1S/C84H58N4/c1-7-19-59(20-8-1)63-31-41-71(42-32-63)85(72-43-33-64(34-44-72)60-21-9-2-10-22-60)75-49-51-77-79-55-67(39-53-81(79)87(83(77)57-75)69-27-15-5-16-28-69)68-40-54-82-80(56-68)78-52-50-76(58-84(78)88(82)70-29-17-6-18-30-70)86(73-45-35-65(36-46-73)61-23-11-3-12-24-61)74-47-37-66(38-48-74)62-25-13-4-14-26-62/h1-58H. The van der Waals surface area contributed by atoms with Crippen LogP contribution < -0.4 is 9.80 Å². The van der Waals surface area contributed by atoms with Gasteiger partial charge in [0.1, 0.15) is 0 Å². The van der Waals surface area contributed by atoms with Crippen LogP contribution in [0, 0.1) is 0 Å². The number of anilines is 6. The first kappa shape index (κ1) is 51.9. The van der Waals surface area contributed by atoms with Crippen LogP contribution in [0.4, 0.5) is 34.1 Å². The van der Waals surface area contributed by atoms with E-state index >= 15 is 0 Å². The molecule has 0 N–H and O–H groups in total. The first-order valence-electron chi connectivity index (χ1n) is 30.1. The van der Waals surface area contributed by atoms with Gasteiger partial charge >= 0.3 is 0 Å². The van der Waals surface area contributed by atoms with Gasteiger partial charge in [0, 0.05) is 67.0 Å². The van der Waals surface area contributed by atoms with Gasteiger partial charge in [0.2, 0.25) is 0 Å². The van der Waals surface area contributed by atoms with Crippen LogP contribution in [-0.2, 0) is 0 Å². The fraction of sp³-hybridized carbons (Fsp3) is 0. The molecule has 0 aliphatic rings. The fourth-order valence-corrected chi connectivity index (χ4v) is 13.0. The van der Waals surface area contributed by atoms with E-state index in [9.17, 15) is 0 Å². The first-order valence-corrected chi connectivity index (χ1v) is 30.1. The van der Waals surface area contributed by atoms with Crippen LogP contribution in [0.3, 0.4) is 0 Å². The van der Waals surface area contributed by atoms with Gasteiger partial charge in [-0.25, -0.2) is 0 Å². The van der Waals surface area contributed by atoms with E-state index in [1.807, 2.05) is 0 Å². The number of fused-ring (bicyclic) bond motifs is 6. The molecule has 0 saturated carbocycles. The summed E-state index contributed by atoms with van der Waals surface area (Å²) in [5.41, 5.74) is 25.1. The highest BCUT2D eigenvalue weighted by Gasteiger charge is 2.22. The molecule has 0 fully saturated rings. The van der Waals surface area contributed by atoms with Crippen molar-refractivity contribution >= 4 is 77.7 Å². The smallest absolute Gasteiger partial charge is 0.0561 e. The van der Waals surface area contributed by atoms with Crippen LogP contribution in [-0.4, -0.2) is 9.13 Å². The Balaban J connectivity index is 0.822. The van der Waals surface area contributed by atoms with Gasteiger partial charge in [0.05, 0.1) is 22.1 Å². The van der Waals surface area contributed by atoms with Gasteiger partial charge in [-0.1, -0.05) is 231 Å². The molecule has 88 heavy (non-hydrogen) atoms. The molecule has 0 saturated heterocycles. The van der Waals surface area contributed by atoms with Crippen LogP contribution in [0.25, 0.3) is 111 Å². The zero-order chi connectivity index (χ0) is 58.3. The van der Waals surface area contributed by atoms with E-state index in [4.69, 9.17) is 0 Å². The van der Waals surface area contributed by atoms with Gasteiger partial charge in [0.15, 0.2) is 0 Å². The fourth-order valence-electron chi connectivity index (χ4n) is 13.0. The molecule has 0 unspecified atom stereocenters. The van der Waals surface area contributed by atoms with Crippen molar-refractivity contribution in [3.8, 4) is 67.0 Å². The molecule has 4 heteroatoms. The Morgan fingerprint density at radius 2 is 0.398 bits per heavy atom. The molecule has 0 aliphatic carbocycles. The minimum absolute atomic E-state index is 1.07. The van der Waals surface area contributed by atoms with Crippen molar-refractivity contribution in [1.82, 2.24) is 9.13 Å². The number of hydrogen-bond acceptors (Lipinski definition) is 2. The zero-order valence-corrected chi connectivity index (χ0v) is 48.3. The third-order valence-corrected chi connectivity index (χ3v) is 17.3. The van der Waals surface area contributed by atoms with E-state index in [1.165, 1.54) is 66.1 Å². The van der Waals surface area contributed by atoms with Crippen molar-refractivity contribution in [2.75, 3.05) is 9.80 Å². The zero-order valence-electron chi connectivity index (χ0n) is 48.3. The lowest BCUT2D eigenvalue weighted by Gasteiger charge is -2.26. The first-order chi connectivity index (χ1) is 43.6. The molecule has 2 heterocycles. The van der Waals surface area contributed by atoms with E-state index in [2.05, 4.69) is 371 Å². The Hall–Kier alpha value is -11.7. The summed E-state index contributed by atoms with van der Waals surface area (Å²) in [6, 6.07) is 128. The van der Waals surface area contributed by atoms with Crippen molar-refractivity contribution in [2.45, 2.75) is 0 Å². The molecule has 0 atom stereocenters. The third-order valence-electron chi connectivity index (χ3n) is 17.3. The van der Waals surface area contributed by atoms with E-state index in [-0.39, 0.29) is 0 Å². The Morgan fingerprint density at radius 1 is 0.159 bits per heavy atom. The Labute approximate surface area is 512 Å². The molecule has 16 aromatic rings. The molecule has 14 aromatic carbocycles. The summed E-state index contributed by atoms with van der Waals surface area (Å²) in [5.74, 6) is 0. The molecule has 4 nitrogen and oxygen atoms in total. The topological polar surface area (TPSA) is 16.3 Å². The summed E-state index contributed by atoms with van der Waals surface area (Å²) in [5, 5.41) is 4.76. The van der Waals surface area contributed by atoms with Crippen LogP contribution in [0.1, 0.15) is 0 Å². The van der Waals surface area contributed by atoms with Crippen molar-refractivity contribution < 1.29 is 0 Å². The minimum Gasteiger partial charge on any atom is -0.310 e. The molecule has 2 aromatic heterocycles. The maximum absolute atomic E-state index is 2.43. The van der Waals surface area contributed by atoms with Crippen molar-refractivity contribution in [2.24, 2.45) is 0 Å². The number of hydrogen-bond donors (Lipinski definition) is 0. The normalized spacial score (nSPS) is 11.4. The Bertz CT molecular complexity index is 4620. The minimum atomic E-state index is 1.07. The molecule has 414 valence electrons. The van der Waals surface area contributed by atoms with Gasteiger partial charge in [-0.15, -0.1) is 0 Å². The summed E-state index contributed by atoms with van der Waals surface area (Å²) in [4.78, 5) is 4.77. The van der Waals surface area contributed by atoms with Crippen LogP contribution in [0.2, 0.25) is 0 Å². The molecule has 0 radical (unpaired) electrons. The Kier molecular flexibility index (Phi) is 13.2. The second-order valence-electron chi connectivity index (χ2n) is 22.5. The number of nitrogens with zero attached hydrogens (tertiary/aromatic N) is 4. The summed E-state index contributed by atoms with van der Waals surface area (Å²) in [7, 11) is 0. The second kappa shape index (κ2) is 22.4. The van der Waals surface area contributed by atoms with E-state index in [0.717, 1.165) is 78.7 Å². The second-order valence-corrected chi connectivity index (χ2v) is 22.5. The van der Waals surface area contributed by atoms with E-state index < -0.39 is 0 Å². The van der Waals surface area contributed by atoms with Gasteiger partial charge in [-0.2, -0.15) is 0 Å². The highest BCUT2D eigenvalue weighted by Crippen LogP contribution is 2.45. The van der Waals surface area contributed by atoms with Crippen molar-refractivity contribution in [1.29, 1.82) is 0 Å². The Morgan fingerprint density at radius 3 is 0.682 bits per heavy atom. The third kappa shape index (κ3) is 9.56. The predicted molar refractivity (Wildman–Crippen MR) is 372 cm³/mol. The van der Waals surface area contributed by atoms with Crippen LogP contribution in [0.5, 0.6) is 0 Å². The lowest BCUT2D eigenvalue weighted by molar-refractivity contribution is 1.18. The van der Waals surface area contributed by atoms with E-state index in [0.29, 0.717) is 0 Å². The summed E-state index contributed by atoms with van der Waals surface area (Å²) >= 11 is 0. The number of aromatic nitrogens is 2. The average molecular weight is 1120 g/mol. The van der Waals surface area contributed by atoms with Crippen molar-refractivity contribution in [3.63, 3.8) is 0 Å². The molecule has 0 amide bonds. The SMILES string of the molecule is c1ccc(-c2ccc(N(c3ccc(-c4ccccc4)cc3)c3ccc4c5cc(-c6ccc7c(c6)c6ccc(N(c8ccc(-c9ccccc9)cc8)c8ccc(-c9ccccc9)cc8)cc6n7-c6ccccc6)ccc5n(-c5ccccc5)c4c3)cc2)cc1. The summed E-state index contributed by atoms with van der Waals surface area (Å²) < 4.78 is 4.86. The van der Waals surface area contributed by atoms with Crippen molar-refractivity contribution in [3.05, 3.63) is 352 Å². The summed E-state index contributed by atoms with van der Waals surface area (Å²) in [6.45, 7) is 0. The molecular formula is C84H58N4. The number of benzene rings is 14. The summed E-state index contributed by atoms with van der Waals surface area (Å²) in [6.07, 6.45) is 0. The largest absolute Gasteiger partial charge is 0.310 e. The number of rotatable bonds is 13. The van der Waals surface area contributed by atoms with Gasteiger partial charge in [-0.3, -0.25) is 0 Å². The number of para-hydroxylation sites is 2. The highest BCUT2D eigenvalue weighted by molar-refractivity contribution is 6.14. The molecule has 0 bridgehead atoms. The van der Waals surface area contributed by atoms with Gasteiger partial charge in [-0.05, 0) is 177 Å². The lowest BCUT2D eigenvalue weighted by Crippen LogP contribution is -2.10. The maximum Gasteiger partial charge on any atom is 0.0561 e. The highest BCUT2D eigenvalue weighted by atomic mass is 15.2. The van der Waals surface area contributed by atoms with Crippen LogP contribution in [0.15, 0.2) is 352 Å². The average Bonchev–Trinajstić information content (AvgIpc) is 2.33. The molecule has 0 aliphatic heterocycles. The molecule has 16 rings (SSSR count). The molecule has 0 spiro atoms. The van der Waals surface area contributed by atoms with Gasteiger partial charge in [0.25, 0.3) is 0 Å². The maximum atomic E-state index is 2.43. The van der Waals surface area contributed by atoms with Gasteiger partial charge < -0.3 is 18.9 Å². The quantitative estimate of drug-likeness (QED) is 0.114. The predicted octanol–water partition coefficient (Wildman–Crippen LogP) is 23.2. The monoisotopic (exact) mass is 1120 g/mol. The van der Waals surface area contributed by atoms with Crippen LogP contribution >= 0.6 is 0 Å². The lowest BCUT2D eigenvalue weighted by atomic mass is 10.00.